The van der Waals surface area contributed by atoms with Crippen molar-refractivity contribution in [2.24, 2.45) is 5.73 Å². The Morgan fingerprint density at radius 2 is 2.05 bits per heavy atom. The molecule has 2 rings (SSSR count). The molecule has 1 aliphatic carbocycles. The number of amides is 1. The number of nitrogens with zero attached hydrogens (tertiary/aromatic N) is 2. The molecule has 1 heterocycles. The topological polar surface area (TPSA) is 82.2 Å². The Labute approximate surface area is 127 Å². The van der Waals surface area contributed by atoms with Gasteiger partial charge in [0.2, 0.25) is 5.91 Å². The maximum atomic E-state index is 12.4. The van der Waals surface area contributed by atoms with Crippen LogP contribution < -0.4 is 11.1 Å². The molecule has 3 N–H and O–H groups in total. The van der Waals surface area contributed by atoms with Crippen molar-refractivity contribution < 1.29 is 4.79 Å². The fourth-order valence-corrected chi connectivity index (χ4v) is 3.70. The first kappa shape index (κ1) is 16.3. The second kappa shape index (κ2) is 7.77. The van der Waals surface area contributed by atoms with Gasteiger partial charge in [0.05, 0.1) is 12.6 Å². The molecule has 0 radical (unpaired) electrons. The van der Waals surface area contributed by atoms with Crippen molar-refractivity contribution in [3.63, 3.8) is 0 Å². The molecule has 21 heavy (non-hydrogen) atoms. The summed E-state index contributed by atoms with van der Waals surface area (Å²) in [5.74, 6) is 0.00220. The number of rotatable bonds is 5. The molecule has 1 amide bonds. The fourth-order valence-electron chi connectivity index (χ4n) is 3.70. The van der Waals surface area contributed by atoms with Crippen LogP contribution in [0.5, 0.6) is 0 Å². The normalized spacial score (nSPS) is 26.0. The van der Waals surface area contributed by atoms with Crippen LogP contribution >= 0.6 is 0 Å². The van der Waals surface area contributed by atoms with Gasteiger partial charge in [0.1, 0.15) is 5.54 Å². The molecule has 5 nitrogen and oxygen atoms in total. The van der Waals surface area contributed by atoms with Gasteiger partial charge in [-0.2, -0.15) is 5.26 Å². The van der Waals surface area contributed by atoms with E-state index in [1.165, 1.54) is 12.8 Å². The number of carbonyl (C=O) groups excluding carboxylic acids is 1. The van der Waals surface area contributed by atoms with Crippen LogP contribution in [0, 0.1) is 11.3 Å². The first-order valence-electron chi connectivity index (χ1n) is 8.35. The van der Waals surface area contributed by atoms with Gasteiger partial charge in [0, 0.05) is 6.04 Å². The standard InChI is InChI=1S/C16H28N4O/c17-10-7-14-6-2-5-11-20(14)12-15(21)19-16(13-18)8-3-1-4-9-16/h14H,1-12,17H2,(H,19,21). The Balaban J connectivity index is 1.89. The Kier molecular flexibility index (Phi) is 6.01. The van der Waals surface area contributed by atoms with Gasteiger partial charge < -0.3 is 11.1 Å². The highest BCUT2D eigenvalue weighted by molar-refractivity contribution is 5.79. The zero-order valence-electron chi connectivity index (χ0n) is 12.9. The highest BCUT2D eigenvalue weighted by Gasteiger charge is 2.34. The van der Waals surface area contributed by atoms with Gasteiger partial charge in [-0.15, -0.1) is 0 Å². The van der Waals surface area contributed by atoms with E-state index in [9.17, 15) is 10.1 Å². The van der Waals surface area contributed by atoms with E-state index in [0.29, 0.717) is 19.1 Å². The van der Waals surface area contributed by atoms with E-state index in [2.05, 4.69) is 16.3 Å². The zero-order chi connectivity index (χ0) is 15.1. The number of nitrogens with one attached hydrogen (secondary N) is 1. The van der Waals surface area contributed by atoms with Gasteiger partial charge in [-0.3, -0.25) is 9.69 Å². The Bertz CT molecular complexity index is 382. The number of likely N-dealkylation sites (tertiary alicyclic amines) is 1. The summed E-state index contributed by atoms with van der Waals surface area (Å²) in [6.07, 6.45) is 9.29. The second-order valence-corrected chi connectivity index (χ2v) is 6.50. The molecule has 0 aromatic carbocycles. The number of piperidine rings is 1. The average molecular weight is 292 g/mol. The Hall–Kier alpha value is -1.12. The lowest BCUT2D eigenvalue weighted by Gasteiger charge is -2.37. The summed E-state index contributed by atoms with van der Waals surface area (Å²) in [7, 11) is 0. The summed E-state index contributed by atoms with van der Waals surface area (Å²) in [5.41, 5.74) is 5.06. The third-order valence-electron chi connectivity index (χ3n) is 4.90. The summed E-state index contributed by atoms with van der Waals surface area (Å²) in [5, 5.41) is 12.5. The minimum atomic E-state index is -0.617. The van der Waals surface area contributed by atoms with E-state index in [0.717, 1.165) is 51.5 Å². The molecule has 2 fully saturated rings. The molecule has 1 unspecified atom stereocenters. The van der Waals surface area contributed by atoms with Crippen LogP contribution in [-0.4, -0.2) is 42.0 Å². The van der Waals surface area contributed by atoms with Crippen LogP contribution in [0.2, 0.25) is 0 Å². The van der Waals surface area contributed by atoms with Crippen molar-refractivity contribution in [3.8, 4) is 6.07 Å². The summed E-state index contributed by atoms with van der Waals surface area (Å²) >= 11 is 0. The van der Waals surface area contributed by atoms with Crippen molar-refractivity contribution in [1.29, 1.82) is 5.26 Å². The van der Waals surface area contributed by atoms with Gasteiger partial charge in [-0.25, -0.2) is 0 Å². The lowest BCUT2D eigenvalue weighted by Crippen LogP contribution is -2.53. The average Bonchev–Trinajstić information content (AvgIpc) is 2.50. The third-order valence-corrected chi connectivity index (χ3v) is 4.90. The largest absolute Gasteiger partial charge is 0.337 e. The Morgan fingerprint density at radius 1 is 1.29 bits per heavy atom. The number of carbonyl (C=O) groups is 1. The van der Waals surface area contributed by atoms with Crippen LogP contribution in [0.15, 0.2) is 0 Å². The lowest BCUT2D eigenvalue weighted by atomic mass is 9.83. The van der Waals surface area contributed by atoms with Crippen LogP contribution in [0.4, 0.5) is 0 Å². The van der Waals surface area contributed by atoms with E-state index in [4.69, 9.17) is 5.73 Å². The van der Waals surface area contributed by atoms with Crippen molar-refractivity contribution >= 4 is 5.91 Å². The lowest BCUT2D eigenvalue weighted by molar-refractivity contribution is -0.124. The van der Waals surface area contributed by atoms with E-state index < -0.39 is 5.54 Å². The number of hydrogen-bond donors (Lipinski definition) is 2. The predicted molar refractivity (Wildman–Crippen MR) is 82.5 cm³/mol. The molecule has 0 aromatic heterocycles. The summed E-state index contributed by atoms with van der Waals surface area (Å²) in [6.45, 7) is 2.05. The number of hydrogen-bond acceptors (Lipinski definition) is 4. The minimum Gasteiger partial charge on any atom is -0.337 e. The molecule has 1 saturated carbocycles. The molecule has 1 atom stereocenters. The molecular weight excluding hydrogens is 264 g/mol. The highest BCUT2D eigenvalue weighted by atomic mass is 16.2. The van der Waals surface area contributed by atoms with Crippen molar-refractivity contribution in [2.45, 2.75) is 69.4 Å². The summed E-state index contributed by atoms with van der Waals surface area (Å²) in [4.78, 5) is 14.6. The monoisotopic (exact) mass is 292 g/mol. The highest BCUT2D eigenvalue weighted by Crippen LogP contribution is 2.27. The molecule has 1 aliphatic heterocycles. The number of nitrogens with two attached hydrogens (primary N) is 1. The van der Waals surface area contributed by atoms with Crippen molar-refractivity contribution in [2.75, 3.05) is 19.6 Å². The van der Waals surface area contributed by atoms with Crippen molar-refractivity contribution in [3.05, 3.63) is 0 Å². The van der Waals surface area contributed by atoms with Gasteiger partial charge in [-0.1, -0.05) is 25.7 Å². The zero-order valence-corrected chi connectivity index (χ0v) is 12.9. The Morgan fingerprint density at radius 3 is 2.71 bits per heavy atom. The minimum absolute atomic E-state index is 0.00220. The van der Waals surface area contributed by atoms with Crippen LogP contribution in [0.3, 0.4) is 0 Å². The maximum absolute atomic E-state index is 12.4. The van der Waals surface area contributed by atoms with Gasteiger partial charge >= 0.3 is 0 Å². The summed E-state index contributed by atoms with van der Waals surface area (Å²) < 4.78 is 0. The second-order valence-electron chi connectivity index (χ2n) is 6.50. The van der Waals surface area contributed by atoms with Crippen LogP contribution in [0.25, 0.3) is 0 Å². The first-order valence-corrected chi connectivity index (χ1v) is 8.35. The SMILES string of the molecule is N#CC1(NC(=O)CN2CCCCC2CCN)CCCCC1. The molecule has 1 saturated heterocycles. The quantitative estimate of drug-likeness (QED) is 0.805. The molecule has 0 aromatic rings. The third kappa shape index (κ3) is 4.42. The number of nitriles is 1. The van der Waals surface area contributed by atoms with Gasteiger partial charge in [0.15, 0.2) is 0 Å². The van der Waals surface area contributed by atoms with E-state index in [1.807, 2.05) is 0 Å². The molecule has 0 bridgehead atoms. The van der Waals surface area contributed by atoms with E-state index >= 15 is 0 Å². The summed E-state index contributed by atoms with van der Waals surface area (Å²) in [6, 6.07) is 2.78. The van der Waals surface area contributed by atoms with Crippen LogP contribution in [0.1, 0.15) is 57.8 Å². The fraction of sp³-hybridized carbons (Fsp3) is 0.875. The first-order chi connectivity index (χ1) is 10.2. The molecule has 0 spiro atoms. The van der Waals surface area contributed by atoms with E-state index in [-0.39, 0.29) is 5.91 Å². The molecule has 5 heteroatoms. The predicted octanol–water partition coefficient (Wildman–Crippen LogP) is 1.53. The molecular formula is C16H28N4O. The van der Waals surface area contributed by atoms with Gasteiger partial charge in [0.25, 0.3) is 0 Å². The van der Waals surface area contributed by atoms with Crippen LogP contribution in [-0.2, 0) is 4.79 Å². The van der Waals surface area contributed by atoms with E-state index in [1.54, 1.807) is 0 Å². The smallest absolute Gasteiger partial charge is 0.235 e. The maximum Gasteiger partial charge on any atom is 0.235 e. The molecule has 118 valence electrons. The van der Waals surface area contributed by atoms with Crippen molar-refractivity contribution in [1.82, 2.24) is 10.2 Å². The molecule has 2 aliphatic rings. The van der Waals surface area contributed by atoms with Gasteiger partial charge in [-0.05, 0) is 45.2 Å².